The molecular weight excluding hydrogens is 371 g/mol. The first-order chi connectivity index (χ1) is 11.3. The van der Waals surface area contributed by atoms with Gasteiger partial charge >= 0.3 is 0 Å². The van der Waals surface area contributed by atoms with Gasteiger partial charge in [0, 0.05) is 16.0 Å². The quantitative estimate of drug-likeness (QED) is 0.623. The molecule has 0 radical (unpaired) electrons. The summed E-state index contributed by atoms with van der Waals surface area (Å²) in [4.78, 5) is 0. The van der Waals surface area contributed by atoms with Gasteiger partial charge in [-0.05, 0) is 36.2 Å². The van der Waals surface area contributed by atoms with Crippen LogP contribution < -0.4 is 4.74 Å². The van der Waals surface area contributed by atoms with Crippen LogP contribution in [0.2, 0.25) is 10.0 Å². The molecule has 0 aliphatic heterocycles. The Hall–Kier alpha value is -1.27. The molecule has 0 saturated carbocycles. The van der Waals surface area contributed by atoms with Crippen LogP contribution in [-0.2, 0) is 14.3 Å². The van der Waals surface area contributed by atoms with Crippen molar-refractivity contribution in [3.63, 3.8) is 0 Å². The molecule has 0 amide bonds. The Bertz CT molecular complexity index is 763. The van der Waals surface area contributed by atoms with Gasteiger partial charge in [-0.1, -0.05) is 47.5 Å². The minimum absolute atomic E-state index is 0.00165. The Morgan fingerprint density at radius 1 is 1.08 bits per heavy atom. The summed E-state index contributed by atoms with van der Waals surface area (Å²) in [7, 11) is -3.54. The molecule has 0 bridgehead atoms. The summed E-state index contributed by atoms with van der Waals surface area (Å²) in [5.74, 6) is 0.524. The number of ether oxygens (including phenoxy) is 1. The molecular formula is C17H18Cl2O4S. The number of para-hydroxylation sites is 1. The third-order valence-electron chi connectivity index (χ3n) is 3.36. The number of hydrogen-bond acceptors (Lipinski definition) is 4. The van der Waals surface area contributed by atoms with Crippen LogP contribution in [0.15, 0.2) is 48.5 Å². The van der Waals surface area contributed by atoms with Crippen LogP contribution in [0.4, 0.5) is 0 Å². The molecule has 0 heterocycles. The van der Waals surface area contributed by atoms with Crippen molar-refractivity contribution >= 4 is 33.3 Å². The summed E-state index contributed by atoms with van der Waals surface area (Å²) >= 11 is 12.2. The molecule has 0 fully saturated rings. The molecule has 7 heteroatoms. The Morgan fingerprint density at radius 2 is 1.79 bits per heavy atom. The van der Waals surface area contributed by atoms with Gasteiger partial charge < -0.3 is 4.74 Å². The maximum absolute atomic E-state index is 11.3. The van der Waals surface area contributed by atoms with Crippen molar-refractivity contribution in [1.29, 1.82) is 0 Å². The van der Waals surface area contributed by atoms with Crippen molar-refractivity contribution < 1.29 is 17.3 Å². The second kappa shape index (κ2) is 8.72. The Morgan fingerprint density at radius 3 is 2.42 bits per heavy atom. The van der Waals surface area contributed by atoms with E-state index in [1.54, 1.807) is 18.2 Å². The molecule has 0 unspecified atom stereocenters. The second-order valence-corrected chi connectivity index (χ2v) is 7.79. The van der Waals surface area contributed by atoms with Gasteiger partial charge in [-0.25, -0.2) is 0 Å². The Kier molecular flexibility index (Phi) is 6.92. The number of benzene rings is 2. The molecule has 0 aromatic heterocycles. The zero-order valence-corrected chi connectivity index (χ0v) is 15.4. The molecule has 24 heavy (non-hydrogen) atoms. The summed E-state index contributed by atoms with van der Waals surface area (Å²) < 4.78 is 33.2. The number of rotatable bonds is 8. The predicted molar refractivity (Wildman–Crippen MR) is 96.6 cm³/mol. The molecule has 1 atom stereocenters. The lowest BCUT2D eigenvalue weighted by Gasteiger charge is -2.18. The van der Waals surface area contributed by atoms with E-state index in [0.29, 0.717) is 23.1 Å². The molecule has 2 rings (SSSR count). The standard InChI is InChI=1S/C17H18Cl2O4S/c1-24(20,21)23-12-13(16-8-7-14(18)11-17(16)19)9-10-22-15-5-3-2-4-6-15/h2-8,11,13H,9-10,12H2,1H3/t13-/m0/s1. The highest BCUT2D eigenvalue weighted by Crippen LogP contribution is 2.30. The van der Waals surface area contributed by atoms with Gasteiger partial charge in [0.25, 0.3) is 10.1 Å². The van der Waals surface area contributed by atoms with E-state index in [-0.39, 0.29) is 12.5 Å². The monoisotopic (exact) mass is 388 g/mol. The molecule has 0 spiro atoms. The molecule has 0 aliphatic rings. The van der Waals surface area contributed by atoms with Crippen molar-refractivity contribution in [3.05, 3.63) is 64.1 Å². The van der Waals surface area contributed by atoms with Crippen molar-refractivity contribution in [2.75, 3.05) is 19.5 Å². The summed E-state index contributed by atoms with van der Waals surface area (Å²) in [6.45, 7) is 0.402. The van der Waals surface area contributed by atoms with E-state index >= 15 is 0 Å². The highest BCUT2D eigenvalue weighted by atomic mass is 35.5. The van der Waals surface area contributed by atoms with Gasteiger partial charge in [0.05, 0.1) is 19.5 Å². The van der Waals surface area contributed by atoms with Crippen LogP contribution in [0.25, 0.3) is 0 Å². The zero-order valence-electron chi connectivity index (χ0n) is 13.1. The van der Waals surface area contributed by atoms with E-state index < -0.39 is 10.1 Å². The van der Waals surface area contributed by atoms with Gasteiger partial charge in [-0.15, -0.1) is 0 Å². The lowest BCUT2D eigenvalue weighted by atomic mass is 9.97. The lowest BCUT2D eigenvalue weighted by molar-refractivity contribution is 0.248. The zero-order chi connectivity index (χ0) is 17.6. The number of hydrogen-bond donors (Lipinski definition) is 0. The maximum Gasteiger partial charge on any atom is 0.264 e. The third-order valence-corrected chi connectivity index (χ3v) is 4.49. The highest BCUT2D eigenvalue weighted by molar-refractivity contribution is 7.85. The average Bonchev–Trinajstić information content (AvgIpc) is 2.51. The smallest absolute Gasteiger partial charge is 0.264 e. The lowest BCUT2D eigenvalue weighted by Crippen LogP contribution is -2.15. The Balaban J connectivity index is 2.07. The molecule has 2 aromatic rings. The van der Waals surface area contributed by atoms with Crippen LogP contribution >= 0.6 is 23.2 Å². The van der Waals surface area contributed by atoms with Gasteiger partial charge in [0.1, 0.15) is 5.75 Å². The molecule has 130 valence electrons. The minimum Gasteiger partial charge on any atom is -0.494 e. The summed E-state index contributed by atoms with van der Waals surface area (Å²) in [5, 5.41) is 0.997. The molecule has 0 N–H and O–H groups in total. The van der Waals surface area contributed by atoms with Crippen molar-refractivity contribution in [2.24, 2.45) is 0 Å². The molecule has 0 saturated heterocycles. The highest BCUT2D eigenvalue weighted by Gasteiger charge is 2.18. The van der Waals surface area contributed by atoms with Gasteiger partial charge in [0.2, 0.25) is 0 Å². The summed E-state index contributed by atoms with van der Waals surface area (Å²) in [6.07, 6.45) is 1.57. The fourth-order valence-electron chi connectivity index (χ4n) is 2.20. The van der Waals surface area contributed by atoms with E-state index in [9.17, 15) is 8.42 Å². The fraction of sp³-hybridized carbons (Fsp3) is 0.294. The first kappa shape index (κ1) is 19.1. The minimum atomic E-state index is -3.54. The fourth-order valence-corrected chi connectivity index (χ4v) is 3.18. The summed E-state index contributed by atoms with van der Waals surface area (Å²) in [6, 6.07) is 14.5. The Labute approximate surface area is 152 Å². The maximum atomic E-state index is 11.3. The first-order valence-corrected chi connectivity index (χ1v) is 9.89. The van der Waals surface area contributed by atoms with Crippen LogP contribution in [0, 0.1) is 0 Å². The average molecular weight is 389 g/mol. The molecule has 2 aromatic carbocycles. The topological polar surface area (TPSA) is 52.6 Å². The van der Waals surface area contributed by atoms with Crippen molar-refractivity contribution in [2.45, 2.75) is 12.3 Å². The molecule has 4 nitrogen and oxygen atoms in total. The van der Waals surface area contributed by atoms with E-state index in [4.69, 9.17) is 32.1 Å². The van der Waals surface area contributed by atoms with E-state index in [2.05, 4.69) is 0 Å². The normalized spacial score (nSPS) is 12.8. The van der Waals surface area contributed by atoms with E-state index in [0.717, 1.165) is 17.6 Å². The van der Waals surface area contributed by atoms with Gasteiger partial charge in [-0.2, -0.15) is 8.42 Å². The van der Waals surface area contributed by atoms with Gasteiger partial charge in [-0.3, -0.25) is 4.18 Å². The largest absolute Gasteiger partial charge is 0.494 e. The summed E-state index contributed by atoms with van der Waals surface area (Å²) in [5.41, 5.74) is 0.779. The van der Waals surface area contributed by atoms with Gasteiger partial charge in [0.15, 0.2) is 0 Å². The second-order valence-electron chi connectivity index (χ2n) is 5.30. The van der Waals surface area contributed by atoms with Crippen LogP contribution in [-0.4, -0.2) is 27.9 Å². The van der Waals surface area contributed by atoms with Crippen molar-refractivity contribution in [3.8, 4) is 5.75 Å². The van der Waals surface area contributed by atoms with Crippen LogP contribution in [0.1, 0.15) is 17.9 Å². The van der Waals surface area contributed by atoms with E-state index in [1.165, 1.54) is 0 Å². The van der Waals surface area contributed by atoms with Crippen LogP contribution in [0.3, 0.4) is 0 Å². The third kappa shape index (κ3) is 6.32. The van der Waals surface area contributed by atoms with Crippen LogP contribution in [0.5, 0.6) is 5.75 Å². The molecule has 0 aliphatic carbocycles. The SMILES string of the molecule is CS(=O)(=O)OC[C@H](CCOc1ccccc1)c1ccc(Cl)cc1Cl. The van der Waals surface area contributed by atoms with E-state index in [1.807, 2.05) is 30.3 Å². The predicted octanol–water partition coefficient (Wildman–Crippen LogP) is 4.52. The first-order valence-electron chi connectivity index (χ1n) is 7.32. The number of halogens is 2. The van der Waals surface area contributed by atoms with Crippen molar-refractivity contribution in [1.82, 2.24) is 0 Å².